The van der Waals surface area contributed by atoms with Crippen molar-refractivity contribution in [1.82, 2.24) is 5.32 Å². The van der Waals surface area contributed by atoms with Crippen molar-refractivity contribution in [2.45, 2.75) is 386 Å². The Labute approximate surface area is 511 Å². The molecule has 0 rings (SSSR count). The van der Waals surface area contributed by atoms with Gasteiger partial charge in [-0.05, 0) is 57.4 Å². The first-order valence-corrected chi connectivity index (χ1v) is 37.6. The summed E-state index contributed by atoms with van der Waals surface area (Å²) in [5, 5.41) is 3.05. The molecule has 1 amide bonds. The monoisotopic (exact) mass is 1180 g/mol. The van der Waals surface area contributed by atoms with Crippen molar-refractivity contribution in [1.29, 1.82) is 0 Å². The van der Waals surface area contributed by atoms with E-state index in [1.54, 1.807) is 0 Å². The summed E-state index contributed by atoms with van der Waals surface area (Å²) in [6.07, 6.45) is 75.9. The molecule has 1 N–H and O–H groups in total. The average Bonchev–Trinajstić information content (AvgIpc) is 3.44. The highest BCUT2D eigenvalue weighted by Gasteiger charge is 2.27. The Morgan fingerprint density at radius 3 is 1.04 bits per heavy atom. The maximum atomic E-state index is 13.6. The molecule has 0 saturated heterocycles. The van der Waals surface area contributed by atoms with Gasteiger partial charge in [-0.3, -0.25) is 14.2 Å². The topological polar surface area (TPSA) is 114 Å². The molecule has 10 heteroatoms. The second-order valence-corrected chi connectivity index (χ2v) is 27.5. The molecule has 9 nitrogen and oxygen atoms in total. The van der Waals surface area contributed by atoms with Gasteiger partial charge in [-0.2, -0.15) is 0 Å². The van der Waals surface area contributed by atoms with Crippen LogP contribution in [0.5, 0.6) is 0 Å². The number of carbonyl (C=O) groups excluding carboxylic acids is 2. The lowest BCUT2D eigenvalue weighted by atomic mass is 10.0. The number of likely N-dealkylation sites (N-methyl/N-ethyl adjacent to an activating group) is 1. The Kier molecular flexibility index (Phi) is 61.4. The van der Waals surface area contributed by atoms with Gasteiger partial charge < -0.3 is 28.5 Å². The van der Waals surface area contributed by atoms with Crippen molar-refractivity contribution in [3.05, 3.63) is 24.3 Å². The normalized spacial score (nSPS) is 13.6. The Hall–Kier alpha value is -1.51. The minimum atomic E-state index is -4.70. The zero-order valence-corrected chi connectivity index (χ0v) is 56.6. The van der Waals surface area contributed by atoms with Crippen molar-refractivity contribution in [3.8, 4) is 0 Å². The van der Waals surface area contributed by atoms with E-state index in [2.05, 4.69) is 38.2 Å². The molecule has 0 aliphatic carbocycles. The van der Waals surface area contributed by atoms with Crippen LogP contribution in [0.2, 0.25) is 0 Å². The minimum Gasteiger partial charge on any atom is -0.756 e. The van der Waals surface area contributed by atoms with Crippen LogP contribution in [0.25, 0.3) is 0 Å². The third-order valence-electron chi connectivity index (χ3n) is 16.6. The van der Waals surface area contributed by atoms with Crippen LogP contribution in [0.3, 0.4) is 0 Å². The number of amides is 1. The second kappa shape index (κ2) is 62.5. The Morgan fingerprint density at radius 2 is 0.707 bits per heavy atom. The molecular weight excluding hydrogens is 1040 g/mol. The smallest absolute Gasteiger partial charge is 0.306 e. The zero-order chi connectivity index (χ0) is 60.0. The van der Waals surface area contributed by atoms with E-state index in [1.807, 2.05) is 33.3 Å². The van der Waals surface area contributed by atoms with E-state index < -0.39 is 20.0 Å². The number of carbonyl (C=O) groups is 2. The summed E-state index contributed by atoms with van der Waals surface area (Å²) in [4.78, 5) is 40.2. The maximum Gasteiger partial charge on any atom is 0.306 e. The fourth-order valence-electron chi connectivity index (χ4n) is 11.1. The molecule has 3 unspecified atom stereocenters. The van der Waals surface area contributed by atoms with Gasteiger partial charge in [-0.1, -0.05) is 328 Å². The van der Waals surface area contributed by atoms with Crippen molar-refractivity contribution < 1.29 is 37.3 Å². The number of unbranched alkanes of at least 4 members (excludes halogenated alkanes) is 49. The second-order valence-electron chi connectivity index (χ2n) is 26.1. The molecule has 0 fully saturated rings. The Bertz CT molecular complexity index is 1450. The average molecular weight is 1180 g/mol. The number of phosphoric acid groups is 1. The van der Waals surface area contributed by atoms with E-state index in [0.717, 1.165) is 57.8 Å². The lowest BCUT2D eigenvalue weighted by molar-refractivity contribution is -0.870. The molecule has 0 aliphatic heterocycles. The quantitative estimate of drug-likeness (QED) is 0.0212. The molecule has 82 heavy (non-hydrogen) atoms. The van der Waals surface area contributed by atoms with E-state index >= 15 is 0 Å². The number of quaternary nitrogens is 1. The summed E-state index contributed by atoms with van der Waals surface area (Å²) in [6.45, 7) is 6.91. The number of allylic oxidation sites excluding steroid dienone is 3. The van der Waals surface area contributed by atoms with Crippen LogP contribution in [-0.2, 0) is 27.9 Å². The molecule has 3 atom stereocenters. The van der Waals surface area contributed by atoms with E-state index in [1.165, 1.54) is 283 Å². The fourth-order valence-corrected chi connectivity index (χ4v) is 11.8. The lowest BCUT2D eigenvalue weighted by Crippen LogP contribution is -2.47. The van der Waals surface area contributed by atoms with Crippen LogP contribution in [-0.4, -0.2) is 69.4 Å². The zero-order valence-electron chi connectivity index (χ0n) is 55.7. The molecule has 0 aromatic heterocycles. The van der Waals surface area contributed by atoms with Gasteiger partial charge in [0.05, 0.1) is 33.8 Å². The number of hydrogen-bond acceptors (Lipinski definition) is 7. The Balaban J connectivity index is 5.00. The first kappa shape index (κ1) is 80.5. The van der Waals surface area contributed by atoms with E-state index in [9.17, 15) is 19.0 Å². The van der Waals surface area contributed by atoms with Crippen LogP contribution in [0.15, 0.2) is 24.3 Å². The fraction of sp³-hybridized carbons (Fsp3) is 0.917. The number of rotatable bonds is 67. The van der Waals surface area contributed by atoms with Crippen molar-refractivity contribution in [2.24, 2.45) is 0 Å². The molecule has 0 spiro atoms. The van der Waals surface area contributed by atoms with Gasteiger partial charge in [0.2, 0.25) is 5.91 Å². The molecule has 0 radical (unpaired) electrons. The van der Waals surface area contributed by atoms with Gasteiger partial charge >= 0.3 is 5.97 Å². The van der Waals surface area contributed by atoms with Gasteiger partial charge in [0.25, 0.3) is 7.82 Å². The maximum absolute atomic E-state index is 13.6. The Morgan fingerprint density at radius 1 is 0.415 bits per heavy atom. The number of phosphoric ester groups is 1. The largest absolute Gasteiger partial charge is 0.756 e. The third-order valence-corrected chi connectivity index (χ3v) is 17.6. The molecule has 0 aliphatic rings. The standard InChI is InChI=1S/C72H141N2O7P/c1-7-10-13-16-19-22-25-28-30-32-34-35-36-37-38-39-41-42-44-46-49-52-55-58-61-64-71(75)73-69(68-80-82(77,78)79-67-66-74(4,5)6)70(63-60-57-54-51-48-27-24-21-18-15-12-9-3)81-72(76)65-62-59-56-53-50-47-45-43-40-33-31-29-26-23-20-17-14-11-8-2/h28,30,60,63,69-70H,7-27,29,31-59,61-62,64-68H2,1-6H3,(H-,73,75,77,78)/b30-28+,63-60-. The highest BCUT2D eigenvalue weighted by molar-refractivity contribution is 7.45. The van der Waals surface area contributed by atoms with Crippen LogP contribution in [0.1, 0.15) is 374 Å². The molecule has 0 bridgehead atoms. The van der Waals surface area contributed by atoms with Crippen LogP contribution < -0.4 is 10.2 Å². The number of hydrogen-bond donors (Lipinski definition) is 1. The SMILES string of the molecule is CCCCCCCC/C=C/CCCCCCCCCCCCCCCCCC(=O)NC(COP(=O)([O-])OCC[N+](C)(C)C)C(/C=C\CCCCCCCCCCCC)OC(=O)CCCCCCCCCCCCCCCCCCCCC. The van der Waals surface area contributed by atoms with Crippen molar-refractivity contribution >= 4 is 19.7 Å². The number of nitrogens with zero attached hydrogens (tertiary/aromatic N) is 1. The summed E-state index contributed by atoms with van der Waals surface area (Å²) < 4.78 is 30.5. The third kappa shape index (κ3) is 63.0. The van der Waals surface area contributed by atoms with Gasteiger partial charge in [0.1, 0.15) is 19.3 Å². The summed E-state index contributed by atoms with van der Waals surface area (Å²) in [6, 6.07) is -0.883. The highest BCUT2D eigenvalue weighted by atomic mass is 31.2. The number of esters is 1. The molecule has 486 valence electrons. The van der Waals surface area contributed by atoms with Gasteiger partial charge in [-0.15, -0.1) is 0 Å². The van der Waals surface area contributed by atoms with E-state index in [-0.39, 0.29) is 31.5 Å². The van der Waals surface area contributed by atoms with Gasteiger partial charge in [0, 0.05) is 12.8 Å². The molecule has 0 heterocycles. The summed E-state index contributed by atoms with van der Waals surface area (Å²) in [7, 11) is 1.21. The number of ether oxygens (including phenoxy) is 1. The summed E-state index contributed by atoms with van der Waals surface area (Å²) in [5.41, 5.74) is 0. The summed E-state index contributed by atoms with van der Waals surface area (Å²) >= 11 is 0. The van der Waals surface area contributed by atoms with E-state index in [4.69, 9.17) is 13.8 Å². The first-order valence-electron chi connectivity index (χ1n) is 36.1. The molecule has 0 aromatic rings. The molecular formula is C72H141N2O7P. The van der Waals surface area contributed by atoms with Crippen LogP contribution in [0.4, 0.5) is 0 Å². The highest BCUT2D eigenvalue weighted by Crippen LogP contribution is 2.38. The van der Waals surface area contributed by atoms with Crippen LogP contribution in [0, 0.1) is 0 Å². The van der Waals surface area contributed by atoms with Crippen molar-refractivity contribution in [3.63, 3.8) is 0 Å². The van der Waals surface area contributed by atoms with Crippen molar-refractivity contribution in [2.75, 3.05) is 40.9 Å². The predicted molar refractivity (Wildman–Crippen MR) is 353 cm³/mol. The lowest BCUT2D eigenvalue weighted by Gasteiger charge is -2.30. The number of nitrogens with one attached hydrogen (secondary N) is 1. The van der Waals surface area contributed by atoms with E-state index in [0.29, 0.717) is 17.4 Å². The predicted octanol–water partition coefficient (Wildman–Crippen LogP) is 22.2. The first-order chi connectivity index (χ1) is 39.9. The summed E-state index contributed by atoms with van der Waals surface area (Å²) in [5.74, 6) is -0.516. The minimum absolute atomic E-state index is 0.0178. The van der Waals surface area contributed by atoms with Gasteiger partial charge in [0.15, 0.2) is 0 Å². The van der Waals surface area contributed by atoms with Gasteiger partial charge in [-0.25, -0.2) is 0 Å². The molecule has 0 aromatic carbocycles. The molecule has 0 saturated carbocycles. The van der Waals surface area contributed by atoms with Crippen LogP contribution >= 0.6 is 7.82 Å².